The van der Waals surface area contributed by atoms with E-state index < -0.39 is 0 Å². The maximum Gasteiger partial charge on any atom is 0.234 e. The van der Waals surface area contributed by atoms with Gasteiger partial charge < -0.3 is 19.0 Å². The Kier molecular flexibility index (Phi) is 6.34. The summed E-state index contributed by atoms with van der Waals surface area (Å²) in [6.07, 6.45) is 0. The lowest BCUT2D eigenvalue weighted by molar-refractivity contribution is -0.113. The molecule has 0 saturated carbocycles. The number of halogens is 3. The van der Waals surface area contributed by atoms with E-state index in [1.54, 1.807) is 18.7 Å². The van der Waals surface area contributed by atoms with E-state index in [-0.39, 0.29) is 11.7 Å². The van der Waals surface area contributed by atoms with Crippen LogP contribution in [0.15, 0.2) is 46.0 Å². The van der Waals surface area contributed by atoms with Crippen molar-refractivity contribution in [2.45, 2.75) is 5.16 Å². The first-order valence-electron chi connectivity index (χ1n) is 8.91. The number of ether oxygens (including phenoxy) is 1. The summed E-state index contributed by atoms with van der Waals surface area (Å²) in [5.74, 6) is 1.54. The first kappa shape index (κ1) is 21.8. The number of anilines is 1. The Morgan fingerprint density at radius 1 is 1.16 bits per heavy atom. The Labute approximate surface area is 196 Å². The van der Waals surface area contributed by atoms with Crippen molar-refractivity contribution in [3.63, 3.8) is 0 Å². The quantitative estimate of drug-likeness (QED) is 0.263. The van der Waals surface area contributed by atoms with Crippen LogP contribution >= 0.6 is 46.6 Å². The fourth-order valence-corrected chi connectivity index (χ4v) is 4.20. The van der Waals surface area contributed by atoms with Crippen LogP contribution in [-0.4, -0.2) is 33.5 Å². The number of benzene rings is 2. The normalized spacial score (nSPS) is 11.1. The average Bonchev–Trinajstić information content (AvgIpc) is 3.33. The highest BCUT2D eigenvalue weighted by atomic mass is 35.5. The molecule has 11 heteroatoms. The lowest BCUT2D eigenvalue weighted by atomic mass is 10.2. The number of methoxy groups -OCH3 is 1. The van der Waals surface area contributed by atoms with Crippen LogP contribution in [0.3, 0.4) is 0 Å². The number of nitrogens with zero attached hydrogens (tertiary/aromatic N) is 3. The molecule has 0 bridgehead atoms. The van der Waals surface area contributed by atoms with Crippen molar-refractivity contribution in [2.75, 3.05) is 18.2 Å². The topological polar surface area (TPSA) is 82.2 Å². The van der Waals surface area contributed by atoms with Crippen molar-refractivity contribution in [3.8, 4) is 17.3 Å². The first-order chi connectivity index (χ1) is 14.9. The minimum atomic E-state index is -0.275. The van der Waals surface area contributed by atoms with Gasteiger partial charge in [0.25, 0.3) is 0 Å². The minimum absolute atomic E-state index is 0.0938. The van der Waals surface area contributed by atoms with Crippen LogP contribution in [0.5, 0.6) is 5.75 Å². The fourth-order valence-electron chi connectivity index (χ4n) is 2.90. The number of furan rings is 1. The van der Waals surface area contributed by atoms with Gasteiger partial charge in [-0.3, -0.25) is 4.79 Å². The zero-order chi connectivity index (χ0) is 22.1. The molecular weight excluding hydrogens is 483 g/mol. The third-order valence-electron chi connectivity index (χ3n) is 4.40. The largest absolute Gasteiger partial charge is 0.493 e. The van der Waals surface area contributed by atoms with Gasteiger partial charge >= 0.3 is 0 Å². The van der Waals surface area contributed by atoms with Crippen molar-refractivity contribution in [1.29, 1.82) is 0 Å². The van der Waals surface area contributed by atoms with Gasteiger partial charge in [-0.05, 0) is 24.3 Å². The second kappa shape index (κ2) is 9.00. The smallest absolute Gasteiger partial charge is 0.234 e. The number of hydrogen-bond donors (Lipinski definition) is 1. The second-order valence-electron chi connectivity index (χ2n) is 6.44. The number of rotatable bonds is 6. The number of nitrogens with one attached hydrogen (secondary N) is 1. The Morgan fingerprint density at radius 2 is 1.94 bits per heavy atom. The molecule has 0 aliphatic heterocycles. The predicted molar refractivity (Wildman–Crippen MR) is 124 cm³/mol. The maximum absolute atomic E-state index is 12.4. The highest BCUT2D eigenvalue weighted by Crippen LogP contribution is 2.34. The molecule has 4 aromatic rings. The van der Waals surface area contributed by atoms with E-state index in [0.717, 1.165) is 5.39 Å². The number of fused-ring (bicyclic) bond motifs is 1. The molecule has 0 aliphatic rings. The van der Waals surface area contributed by atoms with E-state index in [2.05, 4.69) is 15.5 Å². The van der Waals surface area contributed by atoms with Gasteiger partial charge in [-0.1, -0.05) is 58.7 Å². The van der Waals surface area contributed by atoms with Crippen molar-refractivity contribution in [3.05, 3.63) is 51.5 Å². The standard InChI is InChI=1S/C20H15Cl3N4O3S/c1-27-19(16-6-10-4-3-5-15(29-2)18(10)30-16)25-26-20(27)31-9-17(28)24-14-8-12(22)11(21)7-13(14)23/h3-8H,9H2,1-2H3,(H,24,28). The lowest BCUT2D eigenvalue weighted by Crippen LogP contribution is -2.14. The van der Waals surface area contributed by atoms with E-state index in [4.69, 9.17) is 44.0 Å². The molecule has 1 amide bonds. The zero-order valence-corrected chi connectivity index (χ0v) is 19.4. The lowest BCUT2D eigenvalue weighted by Gasteiger charge is -2.08. The van der Waals surface area contributed by atoms with E-state index >= 15 is 0 Å². The molecule has 2 aromatic carbocycles. The number of para-hydroxylation sites is 1. The molecule has 0 aliphatic carbocycles. The summed E-state index contributed by atoms with van der Waals surface area (Å²) in [4.78, 5) is 12.4. The summed E-state index contributed by atoms with van der Waals surface area (Å²) in [6, 6.07) is 10.5. The van der Waals surface area contributed by atoms with Gasteiger partial charge in [0.05, 0.1) is 33.6 Å². The van der Waals surface area contributed by atoms with E-state index in [9.17, 15) is 4.79 Å². The molecular formula is C20H15Cl3N4O3S. The van der Waals surface area contributed by atoms with Crippen LogP contribution in [-0.2, 0) is 11.8 Å². The Bertz CT molecular complexity index is 1290. The molecule has 160 valence electrons. The van der Waals surface area contributed by atoms with Gasteiger partial charge in [0.15, 0.2) is 28.1 Å². The Morgan fingerprint density at radius 3 is 2.71 bits per heavy atom. The molecule has 0 fully saturated rings. The molecule has 4 rings (SSSR count). The van der Waals surface area contributed by atoms with Crippen molar-refractivity contribution >= 4 is 69.1 Å². The van der Waals surface area contributed by atoms with Gasteiger partial charge in [-0.15, -0.1) is 10.2 Å². The van der Waals surface area contributed by atoms with Crippen LogP contribution in [0.25, 0.3) is 22.6 Å². The van der Waals surface area contributed by atoms with Gasteiger partial charge in [0.2, 0.25) is 5.91 Å². The molecule has 0 spiro atoms. The Hall–Kier alpha value is -2.39. The SMILES string of the molecule is COc1cccc2cc(-c3nnc(SCC(=O)Nc4cc(Cl)c(Cl)cc4Cl)n3C)oc12. The fraction of sp³-hybridized carbons (Fsp3) is 0.150. The number of aromatic nitrogens is 3. The molecule has 0 atom stereocenters. The Balaban J connectivity index is 1.48. The number of thioether (sulfide) groups is 1. The molecule has 7 nitrogen and oxygen atoms in total. The maximum atomic E-state index is 12.4. The first-order valence-corrected chi connectivity index (χ1v) is 11.0. The number of hydrogen-bond acceptors (Lipinski definition) is 6. The van der Waals surface area contributed by atoms with E-state index in [0.29, 0.717) is 48.8 Å². The molecule has 0 unspecified atom stereocenters. The molecule has 0 saturated heterocycles. The number of carbonyl (C=O) groups is 1. The van der Waals surface area contributed by atoms with Gasteiger partial charge in [-0.2, -0.15) is 0 Å². The van der Waals surface area contributed by atoms with Crippen molar-refractivity contribution < 1.29 is 13.9 Å². The highest BCUT2D eigenvalue weighted by molar-refractivity contribution is 7.99. The van der Waals surface area contributed by atoms with Crippen molar-refractivity contribution in [1.82, 2.24) is 14.8 Å². The third-order valence-corrected chi connectivity index (χ3v) is 6.45. The van der Waals surface area contributed by atoms with Crippen LogP contribution in [0.4, 0.5) is 5.69 Å². The predicted octanol–water partition coefficient (Wildman–Crippen LogP) is 5.93. The van der Waals surface area contributed by atoms with Crippen molar-refractivity contribution in [2.24, 2.45) is 7.05 Å². The summed E-state index contributed by atoms with van der Waals surface area (Å²) in [5.41, 5.74) is 1.02. The monoisotopic (exact) mass is 496 g/mol. The zero-order valence-electron chi connectivity index (χ0n) is 16.3. The number of carbonyl (C=O) groups excluding carboxylic acids is 1. The summed E-state index contributed by atoms with van der Waals surface area (Å²) in [6.45, 7) is 0. The molecule has 0 radical (unpaired) electrons. The molecule has 2 heterocycles. The molecule has 1 N–H and O–H groups in total. The minimum Gasteiger partial charge on any atom is -0.493 e. The molecule has 2 aromatic heterocycles. The summed E-state index contributed by atoms with van der Waals surface area (Å²) >= 11 is 19.2. The van der Waals surface area contributed by atoms with Crippen LogP contribution in [0.1, 0.15) is 0 Å². The van der Waals surface area contributed by atoms with Crippen LogP contribution < -0.4 is 10.1 Å². The van der Waals surface area contributed by atoms with Crippen LogP contribution in [0.2, 0.25) is 15.1 Å². The second-order valence-corrected chi connectivity index (χ2v) is 8.60. The van der Waals surface area contributed by atoms with E-state index in [1.165, 1.54) is 23.9 Å². The average molecular weight is 498 g/mol. The van der Waals surface area contributed by atoms with Gasteiger partial charge in [0.1, 0.15) is 0 Å². The number of amides is 1. The van der Waals surface area contributed by atoms with Gasteiger partial charge in [0, 0.05) is 12.4 Å². The summed E-state index contributed by atoms with van der Waals surface area (Å²) in [7, 11) is 3.39. The summed E-state index contributed by atoms with van der Waals surface area (Å²) in [5, 5.41) is 13.4. The highest BCUT2D eigenvalue weighted by Gasteiger charge is 2.18. The van der Waals surface area contributed by atoms with E-state index in [1.807, 2.05) is 24.3 Å². The molecule has 31 heavy (non-hydrogen) atoms. The van der Waals surface area contributed by atoms with Crippen LogP contribution in [0, 0.1) is 0 Å². The summed E-state index contributed by atoms with van der Waals surface area (Å²) < 4.78 is 13.0. The van der Waals surface area contributed by atoms with Gasteiger partial charge in [-0.25, -0.2) is 0 Å². The third kappa shape index (κ3) is 4.48.